The zero-order valence-corrected chi connectivity index (χ0v) is 16.0. The number of carbonyl (C=O) groups excluding carboxylic acids is 3. The van der Waals surface area contributed by atoms with Crippen LogP contribution in [0.25, 0.3) is 0 Å². The second kappa shape index (κ2) is 5.72. The van der Waals surface area contributed by atoms with Gasteiger partial charge in [0.2, 0.25) is 35.8 Å². The molecule has 0 spiro atoms. The van der Waals surface area contributed by atoms with E-state index in [-0.39, 0.29) is 30.3 Å². The van der Waals surface area contributed by atoms with Gasteiger partial charge in [0.15, 0.2) is 0 Å². The molecule has 6 nitrogen and oxygen atoms in total. The van der Waals surface area contributed by atoms with Crippen molar-refractivity contribution in [2.75, 3.05) is 4.72 Å². The van der Waals surface area contributed by atoms with Crippen LogP contribution in [0.5, 0.6) is 0 Å². The molecule has 1 fully saturated rings. The molecular weight excluding hydrogens is 330 g/mol. The van der Waals surface area contributed by atoms with Gasteiger partial charge < -0.3 is 14.4 Å². The second-order valence-corrected chi connectivity index (χ2v) is 8.24. The van der Waals surface area contributed by atoms with E-state index in [1.165, 1.54) is 25.0 Å². The summed E-state index contributed by atoms with van der Waals surface area (Å²) in [5, 5.41) is -0.776. The molecule has 0 bridgehead atoms. The number of hydrogen-bond acceptors (Lipinski definition) is 4. The summed E-state index contributed by atoms with van der Waals surface area (Å²) < 4.78 is 15.8. The van der Waals surface area contributed by atoms with E-state index in [0.29, 0.717) is 11.3 Å². The van der Waals surface area contributed by atoms with Crippen molar-refractivity contribution in [3.8, 4) is 0 Å². The summed E-state index contributed by atoms with van der Waals surface area (Å²) in [7, 11) is 10.2. The quantitative estimate of drug-likeness (QED) is 0.396. The van der Waals surface area contributed by atoms with E-state index in [9.17, 15) is 18.8 Å². The van der Waals surface area contributed by atoms with Crippen LogP contribution in [-0.4, -0.2) is 80.4 Å². The van der Waals surface area contributed by atoms with E-state index >= 15 is 0 Å². The van der Waals surface area contributed by atoms with Crippen LogP contribution in [0.2, 0.25) is 5.21 Å². The Labute approximate surface area is 157 Å². The Bertz CT molecular complexity index is 851. The van der Waals surface area contributed by atoms with Crippen LogP contribution in [0, 0.1) is 5.82 Å². The number of imide groups is 1. The van der Waals surface area contributed by atoms with Crippen molar-refractivity contribution in [1.29, 1.82) is 0 Å². The molecular formula is C13H18B6FN3O3. The highest BCUT2D eigenvalue weighted by Crippen LogP contribution is 2.43. The third-order valence-corrected chi connectivity index (χ3v) is 5.50. The molecule has 1 saturated heterocycles. The maximum atomic E-state index is 14.0. The van der Waals surface area contributed by atoms with Crippen LogP contribution < -0.4 is 4.72 Å². The zero-order valence-electron chi connectivity index (χ0n) is 16.0. The number of piperidine rings is 1. The highest BCUT2D eigenvalue weighted by molar-refractivity contribution is 6.56. The topological polar surface area (TPSA) is 60.9 Å². The predicted octanol–water partition coefficient (Wildman–Crippen LogP) is -5.30. The lowest BCUT2D eigenvalue weighted by Gasteiger charge is -2.49. The van der Waals surface area contributed by atoms with Crippen LogP contribution >= 0.6 is 0 Å². The van der Waals surface area contributed by atoms with Crippen molar-refractivity contribution >= 4 is 70.9 Å². The maximum absolute atomic E-state index is 14.0. The monoisotopic (exact) mass is 349 g/mol. The van der Waals surface area contributed by atoms with Crippen molar-refractivity contribution in [3.05, 3.63) is 29.1 Å². The summed E-state index contributed by atoms with van der Waals surface area (Å²) in [6, 6.07) is 2.61. The molecule has 128 valence electrons. The van der Waals surface area contributed by atoms with E-state index in [4.69, 9.17) is 0 Å². The fourth-order valence-electron chi connectivity index (χ4n) is 4.28. The summed E-state index contributed by atoms with van der Waals surface area (Å²) in [5.41, 5.74) is 0.432. The summed E-state index contributed by atoms with van der Waals surface area (Å²) in [6.45, 7) is 0.211. The molecule has 1 atom stereocenters. The Morgan fingerprint density at radius 2 is 1.69 bits per heavy atom. The fraction of sp³-hybridized carbons (Fsp3) is 0.308. The van der Waals surface area contributed by atoms with Gasteiger partial charge in [0.25, 0.3) is 5.91 Å². The molecule has 2 aliphatic rings. The number of anilines is 1. The van der Waals surface area contributed by atoms with E-state index in [1.54, 1.807) is 44.2 Å². The fourth-order valence-corrected chi connectivity index (χ4v) is 4.28. The molecule has 3 amide bonds. The minimum Gasteiger partial charge on any atom is -0.472 e. The Kier molecular flexibility index (Phi) is 4.12. The number of fused-ring (bicyclic) bond motifs is 1. The lowest BCUT2D eigenvalue weighted by molar-refractivity contribution is -0.148. The smallest absolute Gasteiger partial charge is 0.254 e. The van der Waals surface area contributed by atoms with Gasteiger partial charge in [-0.15, -0.1) is 0 Å². The Morgan fingerprint density at radius 3 is 2.27 bits per heavy atom. The highest BCUT2D eigenvalue weighted by atomic mass is 19.1. The summed E-state index contributed by atoms with van der Waals surface area (Å²) in [5.74, 6) is -1.54. The number of carbonyl (C=O) groups is 3. The van der Waals surface area contributed by atoms with Crippen LogP contribution in [0.3, 0.4) is 0 Å². The number of nitrogens with zero attached hydrogens (tertiary/aromatic N) is 3. The first kappa shape index (κ1) is 18.7. The number of hydrogen-bond donors (Lipinski definition) is 0. The maximum Gasteiger partial charge on any atom is 0.254 e. The summed E-state index contributed by atoms with van der Waals surface area (Å²) in [6.07, 6.45) is 0.224. The van der Waals surface area contributed by atoms with Crippen LogP contribution in [-0.2, 0) is 16.1 Å². The standard InChI is InChI=1S/C13H18B6FN3O3/c14-12(15)4-13(16,11(26)22(17)10(12)25)21-3-7-6(9(21)24)1-5(20)2-8(7)23(18)19/h1-2H,3-4,14-19H2. The molecule has 26 heavy (non-hydrogen) atoms. The number of amides is 3. The summed E-state index contributed by atoms with van der Waals surface area (Å²) in [4.78, 5) is 41.0. The number of benzene rings is 1. The van der Waals surface area contributed by atoms with E-state index in [0.717, 1.165) is 4.81 Å². The molecule has 0 aliphatic carbocycles. The van der Waals surface area contributed by atoms with Crippen LogP contribution in [0.15, 0.2) is 12.1 Å². The SMILES string of the molecule is BN1C(=O)C(B)(B)CC(B)(N2Cc3c(cc(F)cc3N(B)B)C2=O)C1=O. The molecule has 1 unspecified atom stereocenters. The van der Waals surface area contributed by atoms with E-state index < -0.39 is 22.4 Å². The van der Waals surface area contributed by atoms with Crippen LogP contribution in [0.1, 0.15) is 22.3 Å². The third kappa shape index (κ3) is 2.51. The molecule has 0 radical (unpaired) electrons. The molecule has 0 N–H and O–H groups in total. The molecule has 2 aliphatic heterocycles. The van der Waals surface area contributed by atoms with Gasteiger partial charge in [0, 0.05) is 23.4 Å². The zero-order chi connectivity index (χ0) is 19.6. The normalized spacial score (nSPS) is 24.7. The van der Waals surface area contributed by atoms with Gasteiger partial charge in [-0.2, -0.15) is 0 Å². The second-order valence-electron chi connectivity index (χ2n) is 8.24. The third-order valence-electron chi connectivity index (χ3n) is 5.50. The van der Waals surface area contributed by atoms with Crippen molar-refractivity contribution in [3.63, 3.8) is 0 Å². The number of halogens is 1. The van der Waals surface area contributed by atoms with E-state index in [1.807, 2.05) is 0 Å². The lowest BCUT2D eigenvalue weighted by atomic mass is 9.44. The number of rotatable bonds is 2. The Hall–Kier alpha value is -2.05. The van der Waals surface area contributed by atoms with Gasteiger partial charge in [-0.05, 0) is 23.8 Å². The Balaban J connectivity index is 2.08. The van der Waals surface area contributed by atoms with Gasteiger partial charge in [-0.25, -0.2) is 4.39 Å². The Morgan fingerprint density at radius 1 is 1.08 bits per heavy atom. The van der Waals surface area contributed by atoms with Crippen LogP contribution in [0.4, 0.5) is 10.1 Å². The van der Waals surface area contributed by atoms with Gasteiger partial charge in [-0.3, -0.25) is 14.4 Å². The largest absolute Gasteiger partial charge is 0.472 e. The highest BCUT2D eigenvalue weighted by Gasteiger charge is 2.55. The average molecular weight is 348 g/mol. The molecule has 13 heteroatoms. The van der Waals surface area contributed by atoms with Crippen molar-refractivity contribution in [1.82, 2.24) is 9.71 Å². The van der Waals surface area contributed by atoms with Crippen molar-refractivity contribution in [2.45, 2.75) is 23.6 Å². The molecule has 0 saturated carbocycles. The van der Waals surface area contributed by atoms with Crippen molar-refractivity contribution < 1.29 is 18.8 Å². The minimum atomic E-state index is -1.16. The lowest BCUT2D eigenvalue weighted by Crippen LogP contribution is -2.67. The van der Waals surface area contributed by atoms with E-state index in [2.05, 4.69) is 0 Å². The van der Waals surface area contributed by atoms with Gasteiger partial charge in [-0.1, -0.05) is 0 Å². The van der Waals surface area contributed by atoms with Crippen molar-refractivity contribution in [2.24, 2.45) is 0 Å². The minimum absolute atomic E-state index is 0.211. The first-order chi connectivity index (χ1) is 11.9. The van der Waals surface area contributed by atoms with Gasteiger partial charge in [0.1, 0.15) is 29.4 Å². The average Bonchev–Trinajstić information content (AvgIpc) is 2.87. The summed E-state index contributed by atoms with van der Waals surface area (Å²) >= 11 is 0. The first-order valence-corrected chi connectivity index (χ1v) is 8.54. The van der Waals surface area contributed by atoms with Gasteiger partial charge in [0.05, 0.1) is 5.44 Å². The molecule has 0 aromatic heterocycles. The molecule has 2 heterocycles. The first-order valence-electron chi connectivity index (χ1n) is 8.54. The molecule has 1 aromatic carbocycles. The predicted molar refractivity (Wildman–Crippen MR) is 112 cm³/mol. The molecule has 1 aromatic rings. The van der Waals surface area contributed by atoms with Gasteiger partial charge >= 0.3 is 0 Å². The molecule has 3 rings (SSSR count).